The van der Waals surface area contributed by atoms with E-state index in [1.54, 1.807) is 9.80 Å². The van der Waals surface area contributed by atoms with Crippen molar-refractivity contribution in [3.8, 4) is 0 Å². The largest absolute Gasteiger partial charge is 0.444 e. The van der Waals surface area contributed by atoms with Crippen LogP contribution >= 0.6 is 0 Å². The summed E-state index contributed by atoms with van der Waals surface area (Å²) in [5.74, 6) is 0. The first-order valence-electron chi connectivity index (χ1n) is 11.3. The number of hydrogen-bond acceptors (Lipinski definition) is 5. The number of benzene rings is 1. The Hall–Kier alpha value is -2.44. The summed E-state index contributed by atoms with van der Waals surface area (Å²) in [6, 6.07) is 7.93. The standard InChI is InChI=1S/C25H43N3O4/c1-11-27(21(29)31-24(5,6)7)18-19-13-12-14-20(17-19)26-15-16-28(23(2,3)4)22(30)32-25(8,9)10/h12-14,17,26H,11,15-16,18H2,1-10H3. The van der Waals surface area contributed by atoms with E-state index in [0.717, 1.165) is 11.3 Å². The average Bonchev–Trinajstić information content (AvgIpc) is 2.59. The number of nitrogens with one attached hydrogen (secondary N) is 1. The summed E-state index contributed by atoms with van der Waals surface area (Å²) < 4.78 is 11.1. The lowest BCUT2D eigenvalue weighted by atomic mass is 10.1. The topological polar surface area (TPSA) is 71.1 Å². The number of amides is 2. The third kappa shape index (κ3) is 10.2. The molecule has 0 unspecified atom stereocenters. The van der Waals surface area contributed by atoms with Crippen molar-refractivity contribution in [3.05, 3.63) is 29.8 Å². The van der Waals surface area contributed by atoms with Gasteiger partial charge in [-0.05, 0) is 86.9 Å². The quantitative estimate of drug-likeness (QED) is 0.562. The number of nitrogens with zero attached hydrogens (tertiary/aromatic N) is 2. The van der Waals surface area contributed by atoms with E-state index in [0.29, 0.717) is 26.2 Å². The van der Waals surface area contributed by atoms with Crippen LogP contribution in [-0.4, -0.2) is 58.4 Å². The number of carbonyl (C=O) groups is 2. The molecule has 1 N–H and O–H groups in total. The minimum absolute atomic E-state index is 0.323. The predicted octanol–water partition coefficient (Wildman–Crippen LogP) is 5.89. The maximum atomic E-state index is 12.6. The molecule has 0 heterocycles. The zero-order valence-electron chi connectivity index (χ0n) is 21.7. The van der Waals surface area contributed by atoms with Gasteiger partial charge >= 0.3 is 12.2 Å². The van der Waals surface area contributed by atoms with E-state index in [2.05, 4.69) is 5.32 Å². The van der Waals surface area contributed by atoms with E-state index in [4.69, 9.17) is 9.47 Å². The minimum atomic E-state index is -0.540. The van der Waals surface area contributed by atoms with Gasteiger partial charge in [0, 0.05) is 37.4 Å². The van der Waals surface area contributed by atoms with Crippen LogP contribution in [0.25, 0.3) is 0 Å². The van der Waals surface area contributed by atoms with E-state index in [1.807, 2.05) is 93.5 Å². The number of hydrogen-bond donors (Lipinski definition) is 1. The highest BCUT2D eigenvalue weighted by Gasteiger charge is 2.30. The molecule has 0 atom stereocenters. The van der Waals surface area contributed by atoms with E-state index >= 15 is 0 Å². The molecule has 2 amide bonds. The molecule has 0 saturated carbocycles. The molecular weight excluding hydrogens is 406 g/mol. The molecule has 0 bridgehead atoms. The highest BCUT2D eigenvalue weighted by molar-refractivity contribution is 5.69. The fraction of sp³-hybridized carbons (Fsp3) is 0.680. The summed E-state index contributed by atoms with van der Waals surface area (Å²) in [5.41, 5.74) is 0.507. The summed E-state index contributed by atoms with van der Waals surface area (Å²) in [5, 5.41) is 3.38. The van der Waals surface area contributed by atoms with Crippen LogP contribution in [0.3, 0.4) is 0 Å². The molecule has 0 aliphatic carbocycles. The van der Waals surface area contributed by atoms with Gasteiger partial charge in [-0.1, -0.05) is 12.1 Å². The zero-order valence-corrected chi connectivity index (χ0v) is 21.7. The Morgan fingerprint density at radius 3 is 1.97 bits per heavy atom. The maximum Gasteiger partial charge on any atom is 0.410 e. The van der Waals surface area contributed by atoms with Crippen molar-refractivity contribution in [1.82, 2.24) is 9.80 Å². The summed E-state index contributed by atoms with van der Waals surface area (Å²) in [6.07, 6.45) is -0.645. The van der Waals surface area contributed by atoms with Crippen LogP contribution in [-0.2, 0) is 16.0 Å². The van der Waals surface area contributed by atoms with Gasteiger partial charge < -0.3 is 24.6 Å². The number of anilines is 1. The lowest BCUT2D eigenvalue weighted by Crippen LogP contribution is -2.49. The SMILES string of the molecule is CCN(Cc1cccc(NCCN(C(=O)OC(C)(C)C)C(C)(C)C)c1)C(=O)OC(C)(C)C. The Kier molecular flexibility index (Phi) is 9.42. The van der Waals surface area contributed by atoms with Gasteiger partial charge in [-0.3, -0.25) is 0 Å². The first-order valence-corrected chi connectivity index (χ1v) is 11.3. The van der Waals surface area contributed by atoms with Gasteiger partial charge in [0.15, 0.2) is 0 Å². The van der Waals surface area contributed by atoms with Crippen LogP contribution in [0, 0.1) is 0 Å². The summed E-state index contributed by atoms with van der Waals surface area (Å²) in [4.78, 5) is 28.5. The first-order chi connectivity index (χ1) is 14.5. The molecule has 0 aromatic heterocycles. The van der Waals surface area contributed by atoms with Crippen molar-refractivity contribution < 1.29 is 19.1 Å². The fourth-order valence-electron chi connectivity index (χ4n) is 2.96. The Balaban J connectivity index is 2.77. The normalized spacial score (nSPS) is 12.2. The lowest BCUT2D eigenvalue weighted by molar-refractivity contribution is 0.00742. The van der Waals surface area contributed by atoms with Gasteiger partial charge in [0.25, 0.3) is 0 Å². The van der Waals surface area contributed by atoms with Gasteiger partial charge in [0.05, 0.1) is 0 Å². The van der Waals surface area contributed by atoms with Crippen molar-refractivity contribution in [2.24, 2.45) is 0 Å². The Morgan fingerprint density at radius 2 is 1.47 bits per heavy atom. The monoisotopic (exact) mass is 449 g/mol. The Morgan fingerprint density at radius 1 is 0.906 bits per heavy atom. The van der Waals surface area contributed by atoms with Crippen molar-refractivity contribution >= 4 is 17.9 Å². The highest BCUT2D eigenvalue weighted by Crippen LogP contribution is 2.19. The van der Waals surface area contributed by atoms with Crippen molar-refractivity contribution in [1.29, 1.82) is 0 Å². The Bertz CT molecular complexity index is 758. The van der Waals surface area contributed by atoms with Crippen LogP contribution in [0.15, 0.2) is 24.3 Å². The fourth-order valence-corrected chi connectivity index (χ4v) is 2.96. The molecule has 1 aromatic carbocycles. The van der Waals surface area contributed by atoms with E-state index in [9.17, 15) is 9.59 Å². The van der Waals surface area contributed by atoms with Gasteiger partial charge in [-0.2, -0.15) is 0 Å². The lowest BCUT2D eigenvalue weighted by Gasteiger charge is -2.37. The first kappa shape index (κ1) is 27.6. The molecule has 1 aromatic rings. The molecule has 7 heteroatoms. The molecule has 0 aliphatic heterocycles. The van der Waals surface area contributed by atoms with Crippen LogP contribution in [0.5, 0.6) is 0 Å². The smallest absolute Gasteiger partial charge is 0.410 e. The molecule has 0 spiro atoms. The van der Waals surface area contributed by atoms with Crippen LogP contribution in [0.1, 0.15) is 74.8 Å². The maximum absolute atomic E-state index is 12.6. The second-order valence-electron chi connectivity index (χ2n) is 10.9. The molecule has 0 radical (unpaired) electrons. The van der Waals surface area contributed by atoms with E-state index in [1.165, 1.54) is 0 Å². The molecular formula is C25H43N3O4. The summed E-state index contributed by atoms with van der Waals surface area (Å²) in [6.45, 7) is 21.2. The molecule has 0 aliphatic rings. The van der Waals surface area contributed by atoms with Gasteiger partial charge in [0.1, 0.15) is 11.2 Å². The molecule has 32 heavy (non-hydrogen) atoms. The third-order valence-corrected chi connectivity index (χ3v) is 4.42. The molecule has 7 nitrogen and oxygen atoms in total. The second kappa shape index (κ2) is 10.9. The molecule has 0 saturated heterocycles. The molecule has 1 rings (SSSR count). The predicted molar refractivity (Wildman–Crippen MR) is 130 cm³/mol. The summed E-state index contributed by atoms with van der Waals surface area (Å²) in [7, 11) is 0. The van der Waals surface area contributed by atoms with Crippen LogP contribution < -0.4 is 5.32 Å². The van der Waals surface area contributed by atoms with Gasteiger partial charge in [0.2, 0.25) is 0 Å². The number of carbonyl (C=O) groups excluding carboxylic acids is 2. The van der Waals surface area contributed by atoms with Crippen LogP contribution in [0.2, 0.25) is 0 Å². The number of rotatable bonds is 7. The average molecular weight is 450 g/mol. The molecule has 0 fully saturated rings. The number of ether oxygens (including phenoxy) is 2. The second-order valence-corrected chi connectivity index (χ2v) is 10.9. The van der Waals surface area contributed by atoms with Crippen molar-refractivity contribution in [2.75, 3.05) is 25.0 Å². The highest BCUT2D eigenvalue weighted by atomic mass is 16.6. The zero-order chi connectivity index (χ0) is 24.7. The van der Waals surface area contributed by atoms with E-state index in [-0.39, 0.29) is 17.7 Å². The van der Waals surface area contributed by atoms with Gasteiger partial charge in [-0.15, -0.1) is 0 Å². The van der Waals surface area contributed by atoms with E-state index < -0.39 is 11.2 Å². The molecule has 182 valence electrons. The minimum Gasteiger partial charge on any atom is -0.444 e. The Labute approximate surface area is 194 Å². The third-order valence-electron chi connectivity index (χ3n) is 4.42. The van der Waals surface area contributed by atoms with Crippen LogP contribution in [0.4, 0.5) is 15.3 Å². The van der Waals surface area contributed by atoms with Crippen molar-refractivity contribution in [3.63, 3.8) is 0 Å². The van der Waals surface area contributed by atoms with Crippen molar-refractivity contribution in [2.45, 2.75) is 92.5 Å². The van der Waals surface area contributed by atoms with Gasteiger partial charge in [-0.25, -0.2) is 9.59 Å². The summed E-state index contributed by atoms with van der Waals surface area (Å²) >= 11 is 0.